The molecule has 1 N–H and O–H groups in total. The molecular formula is C16H13BrFNO2. The van der Waals surface area contributed by atoms with Crippen LogP contribution < -0.4 is 10.1 Å². The van der Waals surface area contributed by atoms with Crippen molar-refractivity contribution >= 4 is 21.8 Å². The number of ether oxygens (including phenoxy) is 1. The maximum atomic E-state index is 14.0. The van der Waals surface area contributed by atoms with Gasteiger partial charge in [-0.05, 0) is 34.1 Å². The van der Waals surface area contributed by atoms with Gasteiger partial charge in [0.1, 0.15) is 11.6 Å². The lowest BCUT2D eigenvalue weighted by Gasteiger charge is -2.26. The Kier molecular flexibility index (Phi) is 3.92. The van der Waals surface area contributed by atoms with Crippen molar-refractivity contribution in [3.8, 4) is 5.75 Å². The second-order valence-corrected chi connectivity index (χ2v) is 5.66. The van der Waals surface area contributed by atoms with Crippen molar-refractivity contribution in [1.82, 2.24) is 5.32 Å². The van der Waals surface area contributed by atoms with E-state index in [1.165, 1.54) is 6.07 Å². The van der Waals surface area contributed by atoms with Gasteiger partial charge in [0.05, 0.1) is 22.7 Å². The molecule has 3 rings (SSSR count). The van der Waals surface area contributed by atoms with Crippen LogP contribution in [0.3, 0.4) is 0 Å². The summed E-state index contributed by atoms with van der Waals surface area (Å²) >= 11 is 3.09. The fraction of sp³-hybridized carbons (Fsp3) is 0.188. The SMILES string of the molecule is O=C(NC1CCOc2ccccc21)c1cccc(Br)c1F. The number of halogens is 2. The standard InChI is InChI=1S/C16H13BrFNO2/c17-12-6-3-5-11(15(12)18)16(20)19-13-8-9-21-14-7-2-1-4-10(13)14/h1-7,13H,8-9H2,(H,19,20). The van der Waals surface area contributed by atoms with Gasteiger partial charge < -0.3 is 10.1 Å². The molecule has 2 aromatic rings. The Morgan fingerprint density at radius 3 is 2.90 bits per heavy atom. The van der Waals surface area contributed by atoms with Crippen molar-refractivity contribution in [2.24, 2.45) is 0 Å². The summed E-state index contributed by atoms with van der Waals surface area (Å²) in [6.07, 6.45) is 0.665. The zero-order valence-electron chi connectivity index (χ0n) is 11.1. The van der Waals surface area contributed by atoms with Crippen molar-refractivity contribution in [3.05, 3.63) is 63.9 Å². The quantitative estimate of drug-likeness (QED) is 0.894. The summed E-state index contributed by atoms with van der Waals surface area (Å²) in [6.45, 7) is 0.531. The molecule has 1 heterocycles. The fourth-order valence-electron chi connectivity index (χ4n) is 2.41. The van der Waals surface area contributed by atoms with Crippen molar-refractivity contribution in [2.75, 3.05) is 6.61 Å². The number of rotatable bonds is 2. The van der Waals surface area contributed by atoms with Gasteiger partial charge in [-0.25, -0.2) is 4.39 Å². The highest BCUT2D eigenvalue weighted by molar-refractivity contribution is 9.10. The van der Waals surface area contributed by atoms with Crippen LogP contribution in [0.15, 0.2) is 46.9 Å². The van der Waals surface area contributed by atoms with Gasteiger partial charge in [-0.3, -0.25) is 4.79 Å². The predicted octanol–water partition coefficient (Wildman–Crippen LogP) is 3.84. The monoisotopic (exact) mass is 349 g/mol. The van der Waals surface area contributed by atoms with Gasteiger partial charge in [-0.1, -0.05) is 24.3 Å². The Morgan fingerprint density at radius 2 is 2.05 bits per heavy atom. The van der Waals surface area contributed by atoms with Gasteiger partial charge in [0.2, 0.25) is 0 Å². The Labute approximate surface area is 130 Å². The van der Waals surface area contributed by atoms with Crippen molar-refractivity contribution in [3.63, 3.8) is 0 Å². The molecule has 1 unspecified atom stereocenters. The number of hydrogen-bond acceptors (Lipinski definition) is 2. The van der Waals surface area contributed by atoms with Crippen LogP contribution in [-0.2, 0) is 0 Å². The third kappa shape index (κ3) is 2.78. The zero-order valence-corrected chi connectivity index (χ0v) is 12.7. The molecule has 1 aliphatic rings. The van der Waals surface area contributed by atoms with E-state index >= 15 is 0 Å². The van der Waals surface area contributed by atoms with Gasteiger partial charge in [0, 0.05) is 12.0 Å². The lowest BCUT2D eigenvalue weighted by molar-refractivity contribution is 0.0920. The summed E-state index contributed by atoms with van der Waals surface area (Å²) < 4.78 is 19.8. The van der Waals surface area contributed by atoms with Crippen LogP contribution in [0.25, 0.3) is 0 Å². The first-order valence-corrected chi connectivity index (χ1v) is 7.42. The number of carbonyl (C=O) groups is 1. The number of para-hydroxylation sites is 1. The normalized spacial score (nSPS) is 16.8. The van der Waals surface area contributed by atoms with Gasteiger partial charge in [-0.15, -0.1) is 0 Å². The Balaban J connectivity index is 1.85. The molecule has 108 valence electrons. The van der Waals surface area contributed by atoms with E-state index in [0.29, 0.717) is 13.0 Å². The number of nitrogens with one attached hydrogen (secondary N) is 1. The molecule has 0 spiro atoms. The minimum absolute atomic E-state index is 0.0355. The van der Waals surface area contributed by atoms with E-state index in [-0.39, 0.29) is 16.1 Å². The highest BCUT2D eigenvalue weighted by atomic mass is 79.9. The van der Waals surface area contributed by atoms with Crippen molar-refractivity contribution in [2.45, 2.75) is 12.5 Å². The van der Waals surface area contributed by atoms with Crippen LogP contribution in [0, 0.1) is 5.82 Å². The van der Waals surface area contributed by atoms with Gasteiger partial charge in [-0.2, -0.15) is 0 Å². The fourth-order valence-corrected chi connectivity index (χ4v) is 2.77. The second-order valence-electron chi connectivity index (χ2n) is 4.80. The summed E-state index contributed by atoms with van der Waals surface area (Å²) in [5, 5.41) is 2.88. The minimum Gasteiger partial charge on any atom is -0.493 e. The van der Waals surface area contributed by atoms with E-state index in [9.17, 15) is 9.18 Å². The molecule has 3 nitrogen and oxygen atoms in total. The lowest BCUT2D eigenvalue weighted by atomic mass is 10.00. The molecule has 5 heteroatoms. The number of benzene rings is 2. The van der Waals surface area contributed by atoms with Crippen LogP contribution in [0.4, 0.5) is 4.39 Å². The van der Waals surface area contributed by atoms with Crippen LogP contribution >= 0.6 is 15.9 Å². The van der Waals surface area contributed by atoms with Crippen molar-refractivity contribution in [1.29, 1.82) is 0 Å². The Bertz CT molecular complexity index is 690. The highest BCUT2D eigenvalue weighted by Gasteiger charge is 2.24. The average Bonchev–Trinajstić information content (AvgIpc) is 2.50. The van der Waals surface area contributed by atoms with E-state index in [4.69, 9.17) is 4.74 Å². The van der Waals surface area contributed by atoms with Gasteiger partial charge >= 0.3 is 0 Å². The predicted molar refractivity (Wildman–Crippen MR) is 80.9 cm³/mol. The largest absolute Gasteiger partial charge is 0.493 e. The maximum absolute atomic E-state index is 14.0. The topological polar surface area (TPSA) is 38.3 Å². The molecule has 0 saturated carbocycles. The molecule has 0 saturated heterocycles. The average molecular weight is 350 g/mol. The number of carbonyl (C=O) groups excluding carboxylic acids is 1. The Hall–Kier alpha value is -1.88. The molecule has 0 radical (unpaired) electrons. The second kappa shape index (κ2) is 5.85. The molecule has 0 fully saturated rings. The van der Waals surface area contributed by atoms with Gasteiger partial charge in [0.15, 0.2) is 0 Å². The molecule has 0 bridgehead atoms. The van der Waals surface area contributed by atoms with Crippen LogP contribution in [0.2, 0.25) is 0 Å². The van der Waals surface area contributed by atoms with Crippen LogP contribution in [0.5, 0.6) is 5.75 Å². The summed E-state index contributed by atoms with van der Waals surface area (Å²) in [7, 11) is 0. The molecule has 21 heavy (non-hydrogen) atoms. The molecule has 0 aromatic heterocycles. The van der Waals surface area contributed by atoms with Crippen molar-refractivity contribution < 1.29 is 13.9 Å². The number of fused-ring (bicyclic) bond motifs is 1. The summed E-state index contributed by atoms with van der Waals surface area (Å²) in [6, 6.07) is 12.1. The van der Waals surface area contributed by atoms with E-state index in [2.05, 4.69) is 21.2 Å². The number of amides is 1. The summed E-state index contributed by atoms with van der Waals surface area (Å²) in [5.41, 5.74) is 0.959. The van der Waals surface area contributed by atoms with E-state index in [0.717, 1.165) is 11.3 Å². The molecule has 0 aliphatic carbocycles. The molecular weight excluding hydrogens is 337 g/mol. The highest BCUT2D eigenvalue weighted by Crippen LogP contribution is 2.32. The first-order chi connectivity index (χ1) is 10.2. The van der Waals surface area contributed by atoms with Crippen LogP contribution in [-0.4, -0.2) is 12.5 Å². The molecule has 1 atom stereocenters. The third-order valence-corrected chi connectivity index (χ3v) is 4.07. The molecule has 2 aromatic carbocycles. The Morgan fingerprint density at radius 1 is 1.24 bits per heavy atom. The van der Waals surface area contributed by atoms with Crippen LogP contribution in [0.1, 0.15) is 28.4 Å². The van der Waals surface area contributed by atoms with E-state index in [1.807, 2.05) is 24.3 Å². The summed E-state index contributed by atoms with van der Waals surface area (Å²) in [4.78, 5) is 12.3. The first-order valence-electron chi connectivity index (χ1n) is 6.63. The zero-order chi connectivity index (χ0) is 14.8. The van der Waals surface area contributed by atoms with E-state index in [1.54, 1.807) is 12.1 Å². The third-order valence-electron chi connectivity index (χ3n) is 3.46. The minimum atomic E-state index is -0.546. The smallest absolute Gasteiger partial charge is 0.254 e. The molecule has 1 aliphatic heterocycles. The lowest BCUT2D eigenvalue weighted by Crippen LogP contribution is -2.32. The van der Waals surface area contributed by atoms with E-state index < -0.39 is 11.7 Å². The molecule has 1 amide bonds. The first kappa shape index (κ1) is 14.1. The number of hydrogen-bond donors (Lipinski definition) is 1. The van der Waals surface area contributed by atoms with Gasteiger partial charge in [0.25, 0.3) is 5.91 Å². The summed E-state index contributed by atoms with van der Waals surface area (Å²) in [5.74, 6) is -0.199. The maximum Gasteiger partial charge on any atom is 0.254 e.